The van der Waals surface area contributed by atoms with Gasteiger partial charge in [0.05, 0.1) is 0 Å². The number of fused-ring (bicyclic) bond motifs is 4. The van der Waals surface area contributed by atoms with Gasteiger partial charge in [-0.1, -0.05) is 50.8 Å². The SMILES string of the molecule is CCCCCCC(=O)O[C@]1(C(C)=O)CC[C@H]2[C@@H]3CCC4=CC(=O)CCC4=C3[C@@H](c3ccc(N(C)C)cc3)C[C@@]21C. The van der Waals surface area contributed by atoms with Crippen LogP contribution in [0.25, 0.3) is 0 Å². The lowest BCUT2D eigenvalue weighted by Gasteiger charge is -2.55. The minimum Gasteiger partial charge on any atom is -0.450 e. The van der Waals surface area contributed by atoms with Gasteiger partial charge >= 0.3 is 5.97 Å². The van der Waals surface area contributed by atoms with E-state index in [1.54, 1.807) is 6.92 Å². The first-order valence-corrected chi connectivity index (χ1v) is 15.6. The van der Waals surface area contributed by atoms with Crippen LogP contribution in [0.1, 0.15) is 109 Å². The third-order valence-electron chi connectivity index (χ3n) is 10.8. The molecule has 0 spiro atoms. The van der Waals surface area contributed by atoms with E-state index in [2.05, 4.69) is 57.1 Å². The lowest BCUT2D eigenvalue weighted by Crippen LogP contribution is -2.57. The highest BCUT2D eigenvalue weighted by atomic mass is 16.6. The van der Waals surface area contributed by atoms with Crippen LogP contribution in [-0.4, -0.2) is 37.2 Å². The molecule has 0 radical (unpaired) electrons. The van der Waals surface area contributed by atoms with Crippen molar-refractivity contribution >= 4 is 23.2 Å². The van der Waals surface area contributed by atoms with Gasteiger partial charge in [0, 0.05) is 44.0 Å². The molecule has 1 aromatic rings. The predicted molar refractivity (Wildman–Crippen MR) is 159 cm³/mol. The Bertz CT molecular complexity index is 1220. The number of rotatable bonds is 9. The molecular formula is C35H47NO4. The van der Waals surface area contributed by atoms with Crippen LogP contribution in [-0.2, 0) is 19.1 Å². The number of benzene rings is 1. The van der Waals surface area contributed by atoms with Crippen molar-refractivity contribution in [2.24, 2.45) is 17.3 Å². The monoisotopic (exact) mass is 545 g/mol. The summed E-state index contributed by atoms with van der Waals surface area (Å²) in [5, 5.41) is 0. The van der Waals surface area contributed by atoms with Crippen LogP contribution in [0.2, 0.25) is 0 Å². The molecule has 2 saturated carbocycles. The molecule has 0 heterocycles. The number of unbranched alkanes of at least 4 members (excludes halogenated alkanes) is 3. The number of carbonyl (C=O) groups is 3. The largest absolute Gasteiger partial charge is 0.450 e. The summed E-state index contributed by atoms with van der Waals surface area (Å²) in [5.74, 6) is 0.771. The van der Waals surface area contributed by atoms with E-state index in [1.165, 1.54) is 22.3 Å². The highest BCUT2D eigenvalue weighted by Crippen LogP contribution is 2.67. The Labute approximate surface area is 240 Å². The highest BCUT2D eigenvalue weighted by Gasteiger charge is 2.67. The minimum atomic E-state index is -1.07. The zero-order valence-electron chi connectivity index (χ0n) is 25.2. The smallest absolute Gasteiger partial charge is 0.306 e. The average Bonchev–Trinajstić information content (AvgIpc) is 3.23. The number of esters is 1. The highest BCUT2D eigenvalue weighted by molar-refractivity contribution is 5.93. The van der Waals surface area contributed by atoms with Crippen molar-refractivity contribution in [2.45, 2.75) is 109 Å². The van der Waals surface area contributed by atoms with Crippen LogP contribution in [0.4, 0.5) is 5.69 Å². The molecule has 216 valence electrons. The maximum Gasteiger partial charge on any atom is 0.306 e. The first kappa shape index (κ1) is 28.8. The first-order chi connectivity index (χ1) is 19.1. The van der Waals surface area contributed by atoms with Gasteiger partial charge in [-0.15, -0.1) is 0 Å². The molecule has 0 amide bonds. The van der Waals surface area contributed by atoms with Crippen molar-refractivity contribution in [1.29, 1.82) is 0 Å². The maximum atomic E-state index is 13.6. The summed E-state index contributed by atoms with van der Waals surface area (Å²) in [7, 11) is 4.10. The Kier molecular flexibility index (Phi) is 8.14. The van der Waals surface area contributed by atoms with Crippen molar-refractivity contribution in [2.75, 3.05) is 19.0 Å². The predicted octanol–water partition coefficient (Wildman–Crippen LogP) is 7.49. The van der Waals surface area contributed by atoms with Crippen molar-refractivity contribution in [1.82, 2.24) is 0 Å². The molecule has 0 unspecified atom stereocenters. The van der Waals surface area contributed by atoms with E-state index in [9.17, 15) is 14.4 Å². The van der Waals surface area contributed by atoms with Gasteiger partial charge in [-0.2, -0.15) is 0 Å². The lowest BCUT2D eigenvalue weighted by atomic mass is 9.50. The van der Waals surface area contributed by atoms with Crippen molar-refractivity contribution in [3.05, 3.63) is 52.6 Å². The molecule has 0 bridgehead atoms. The van der Waals surface area contributed by atoms with Gasteiger partial charge in [-0.3, -0.25) is 14.4 Å². The molecule has 2 fully saturated rings. The molecule has 4 aliphatic rings. The number of allylic oxidation sites excluding steroid dienone is 4. The summed E-state index contributed by atoms with van der Waals surface area (Å²) in [5.41, 5.74) is 5.02. The van der Waals surface area contributed by atoms with Crippen molar-refractivity contribution in [3.8, 4) is 0 Å². The maximum absolute atomic E-state index is 13.6. The summed E-state index contributed by atoms with van der Waals surface area (Å²) >= 11 is 0. The molecular weight excluding hydrogens is 498 g/mol. The first-order valence-electron chi connectivity index (χ1n) is 15.6. The van der Waals surface area contributed by atoms with Crippen LogP contribution in [0.5, 0.6) is 0 Å². The molecule has 5 rings (SSSR count). The third kappa shape index (κ3) is 4.88. The fourth-order valence-corrected chi connectivity index (χ4v) is 8.71. The number of anilines is 1. The molecule has 40 heavy (non-hydrogen) atoms. The van der Waals surface area contributed by atoms with E-state index in [-0.39, 0.29) is 29.4 Å². The number of Topliss-reactive ketones (excluding diaryl/α,β-unsaturated/α-hetero) is 1. The van der Waals surface area contributed by atoms with E-state index >= 15 is 0 Å². The number of hydrogen-bond donors (Lipinski definition) is 0. The van der Waals surface area contributed by atoms with Gasteiger partial charge in [0.15, 0.2) is 17.2 Å². The van der Waals surface area contributed by atoms with Crippen LogP contribution in [0.15, 0.2) is 47.1 Å². The number of nitrogens with zero attached hydrogens (tertiary/aromatic N) is 1. The molecule has 0 saturated heterocycles. The zero-order valence-corrected chi connectivity index (χ0v) is 25.2. The Morgan fingerprint density at radius 2 is 1.77 bits per heavy atom. The number of hydrogen-bond acceptors (Lipinski definition) is 5. The summed E-state index contributed by atoms with van der Waals surface area (Å²) in [6.45, 7) is 6.05. The van der Waals surface area contributed by atoms with Crippen molar-refractivity contribution in [3.63, 3.8) is 0 Å². The minimum absolute atomic E-state index is 0.00289. The summed E-state index contributed by atoms with van der Waals surface area (Å²) in [6, 6.07) is 8.84. The molecule has 5 atom stereocenters. The molecule has 5 heteroatoms. The Morgan fingerprint density at radius 3 is 2.45 bits per heavy atom. The second-order valence-corrected chi connectivity index (χ2v) is 13.2. The van der Waals surface area contributed by atoms with E-state index in [1.807, 2.05) is 6.08 Å². The molecule has 4 aliphatic carbocycles. The Hall–Kier alpha value is -2.69. The van der Waals surface area contributed by atoms with E-state index in [0.717, 1.165) is 63.5 Å². The van der Waals surface area contributed by atoms with Gasteiger partial charge in [-0.25, -0.2) is 0 Å². The molecule has 0 aromatic heterocycles. The second kappa shape index (κ2) is 11.3. The van der Waals surface area contributed by atoms with Gasteiger partial charge < -0.3 is 9.64 Å². The Morgan fingerprint density at radius 1 is 1.02 bits per heavy atom. The third-order valence-corrected chi connectivity index (χ3v) is 10.8. The second-order valence-electron chi connectivity index (χ2n) is 13.2. The van der Waals surface area contributed by atoms with Crippen LogP contribution >= 0.6 is 0 Å². The molecule has 5 nitrogen and oxygen atoms in total. The molecule has 0 N–H and O–H groups in total. The van der Waals surface area contributed by atoms with Gasteiger partial charge in [-0.05, 0) is 98.6 Å². The van der Waals surface area contributed by atoms with Crippen molar-refractivity contribution < 1.29 is 19.1 Å². The normalized spacial score (nSPS) is 31.2. The fraction of sp³-hybridized carbons (Fsp3) is 0.629. The van der Waals surface area contributed by atoms with E-state index < -0.39 is 11.0 Å². The molecule has 1 aromatic carbocycles. The quantitative estimate of drug-likeness (QED) is 0.238. The van der Waals surface area contributed by atoms with Crippen LogP contribution in [0, 0.1) is 17.3 Å². The topological polar surface area (TPSA) is 63.7 Å². The van der Waals surface area contributed by atoms with E-state index in [0.29, 0.717) is 25.2 Å². The number of ketones is 2. The lowest BCUT2D eigenvalue weighted by molar-refractivity contribution is -0.184. The summed E-state index contributed by atoms with van der Waals surface area (Å²) in [6.07, 6.45) is 11.9. The van der Waals surface area contributed by atoms with Gasteiger partial charge in [0.25, 0.3) is 0 Å². The van der Waals surface area contributed by atoms with Crippen LogP contribution in [0.3, 0.4) is 0 Å². The van der Waals surface area contributed by atoms with E-state index in [4.69, 9.17) is 4.74 Å². The number of ether oxygens (including phenoxy) is 1. The zero-order chi connectivity index (χ0) is 28.7. The summed E-state index contributed by atoms with van der Waals surface area (Å²) < 4.78 is 6.38. The van der Waals surface area contributed by atoms with Gasteiger partial charge in [0.1, 0.15) is 0 Å². The fourth-order valence-electron chi connectivity index (χ4n) is 8.71. The molecule has 0 aliphatic heterocycles. The summed E-state index contributed by atoms with van der Waals surface area (Å²) in [4.78, 5) is 41.3. The number of carbonyl (C=O) groups excluding carboxylic acids is 3. The average molecular weight is 546 g/mol. The Balaban J connectivity index is 1.56. The van der Waals surface area contributed by atoms with Crippen LogP contribution < -0.4 is 4.90 Å². The standard InChI is InChI=1S/C35H47NO4/c1-6-7-8-9-10-32(39)40-35(23(2)37)20-19-31-29-17-13-25-21-27(38)16-18-28(25)33(29)30(22-34(31,35)3)24-11-14-26(15-12-24)36(4)5/h11-12,14-15,21,29-31H,6-10,13,16-20,22H2,1-5H3/t29-,30+,31-,34-,35-/m0/s1. The van der Waals surface area contributed by atoms with Gasteiger partial charge in [0.2, 0.25) is 0 Å².